The molecule has 0 aromatic rings. The molecule has 0 atom stereocenters. The van der Waals surface area contributed by atoms with Crippen LogP contribution in [-0.4, -0.2) is 25.2 Å². The Morgan fingerprint density at radius 2 is 0.963 bits per heavy atom. The van der Waals surface area contributed by atoms with Crippen LogP contribution in [0.2, 0.25) is 0 Å². The van der Waals surface area contributed by atoms with Crippen LogP contribution in [0.25, 0.3) is 0 Å². The van der Waals surface area contributed by atoms with Crippen LogP contribution in [0.15, 0.2) is 24.3 Å². The molecule has 0 unspecified atom stereocenters. The highest BCUT2D eigenvalue weighted by molar-refractivity contribution is 5.87. The molecule has 0 spiro atoms. The zero-order valence-electron chi connectivity index (χ0n) is 17.5. The summed E-state index contributed by atoms with van der Waals surface area (Å²) in [5.41, 5.74) is 0.934. The molecule has 0 saturated heterocycles. The number of hydrogen-bond acceptors (Lipinski definition) is 4. The van der Waals surface area contributed by atoms with Crippen LogP contribution >= 0.6 is 0 Å². The normalized spacial score (nSPS) is 10.4. The van der Waals surface area contributed by atoms with Crippen molar-refractivity contribution in [1.29, 1.82) is 0 Å². The topological polar surface area (TPSA) is 52.6 Å². The van der Waals surface area contributed by atoms with Crippen LogP contribution < -0.4 is 0 Å². The first kappa shape index (κ1) is 25.4. The maximum atomic E-state index is 11.2. The molecule has 1 radical (unpaired) electrons. The second kappa shape index (κ2) is 17.8. The predicted molar refractivity (Wildman–Crippen MR) is 111 cm³/mol. The highest BCUT2D eigenvalue weighted by Crippen LogP contribution is 2.12. The van der Waals surface area contributed by atoms with Gasteiger partial charge in [-0.05, 0) is 33.1 Å². The molecule has 27 heavy (non-hydrogen) atoms. The summed E-state index contributed by atoms with van der Waals surface area (Å²) in [7, 11) is 0. The van der Waals surface area contributed by atoms with Gasteiger partial charge in [-0.25, -0.2) is 9.59 Å². The summed E-state index contributed by atoms with van der Waals surface area (Å²) in [6.07, 6.45) is 16.3. The molecule has 155 valence electrons. The Morgan fingerprint density at radius 3 is 1.33 bits per heavy atom. The maximum absolute atomic E-state index is 11.2. The van der Waals surface area contributed by atoms with Gasteiger partial charge in [-0.3, -0.25) is 0 Å². The van der Waals surface area contributed by atoms with Gasteiger partial charge in [-0.2, -0.15) is 0 Å². The van der Waals surface area contributed by atoms with Crippen LogP contribution in [0.4, 0.5) is 0 Å². The molecule has 0 aliphatic carbocycles. The first-order chi connectivity index (χ1) is 12.9. The van der Waals surface area contributed by atoms with Gasteiger partial charge < -0.3 is 9.47 Å². The largest absolute Gasteiger partial charge is 0.462 e. The van der Waals surface area contributed by atoms with Gasteiger partial charge in [0.25, 0.3) is 0 Å². The Morgan fingerprint density at radius 1 is 0.630 bits per heavy atom. The number of unbranched alkanes of at least 4 members (excludes halogenated alkanes) is 12. The molecule has 0 rings (SSSR count). The Balaban J connectivity index is 3.15. The summed E-state index contributed by atoms with van der Waals surface area (Å²) in [5.74, 6) is -0.564. The lowest BCUT2D eigenvalue weighted by Crippen LogP contribution is -2.06. The lowest BCUT2D eigenvalue weighted by atomic mass is 10.0. The molecule has 0 heterocycles. The van der Waals surface area contributed by atoms with Crippen molar-refractivity contribution in [2.45, 2.75) is 90.9 Å². The van der Waals surface area contributed by atoms with Crippen molar-refractivity contribution in [3.8, 4) is 0 Å². The number of hydrogen-bond donors (Lipinski definition) is 0. The van der Waals surface area contributed by atoms with E-state index in [1.807, 2.05) is 0 Å². The van der Waals surface area contributed by atoms with Gasteiger partial charge in [0, 0.05) is 11.1 Å². The molecule has 4 nitrogen and oxygen atoms in total. The van der Waals surface area contributed by atoms with Gasteiger partial charge in [0.2, 0.25) is 0 Å². The number of ether oxygens (including phenoxy) is 2. The Labute approximate surface area is 166 Å². The third kappa shape index (κ3) is 17.6. The third-order valence-electron chi connectivity index (χ3n) is 4.27. The molecule has 0 aromatic heterocycles. The summed E-state index contributed by atoms with van der Waals surface area (Å²) >= 11 is 0. The SMILES string of the molecule is C=C(C)C(=O)OCCCCCC[CH]CCCCCCCCOC(=O)C(=C)C. The molecule has 0 saturated carbocycles. The van der Waals surface area contributed by atoms with Crippen LogP contribution in [0.5, 0.6) is 0 Å². The molecular formula is C23H39O4. The van der Waals surface area contributed by atoms with E-state index in [0.717, 1.165) is 25.7 Å². The molecule has 0 N–H and O–H groups in total. The predicted octanol–water partition coefficient (Wildman–Crippen LogP) is 6.11. The minimum atomic E-state index is -0.283. The summed E-state index contributed by atoms with van der Waals surface area (Å²) in [6, 6.07) is 0. The minimum Gasteiger partial charge on any atom is -0.462 e. The number of rotatable bonds is 18. The first-order valence-electron chi connectivity index (χ1n) is 10.4. The Bertz CT molecular complexity index is 400. The van der Waals surface area contributed by atoms with Gasteiger partial charge in [0.1, 0.15) is 0 Å². The van der Waals surface area contributed by atoms with Crippen LogP contribution in [0, 0.1) is 6.42 Å². The lowest BCUT2D eigenvalue weighted by Gasteiger charge is -2.05. The van der Waals surface area contributed by atoms with Crippen molar-refractivity contribution < 1.29 is 19.1 Å². The average molecular weight is 380 g/mol. The van der Waals surface area contributed by atoms with E-state index in [2.05, 4.69) is 19.6 Å². The van der Waals surface area contributed by atoms with Gasteiger partial charge in [-0.15, -0.1) is 0 Å². The highest BCUT2D eigenvalue weighted by Gasteiger charge is 2.02. The van der Waals surface area contributed by atoms with E-state index in [0.29, 0.717) is 24.4 Å². The van der Waals surface area contributed by atoms with Crippen molar-refractivity contribution in [3.63, 3.8) is 0 Å². The average Bonchev–Trinajstić information content (AvgIpc) is 2.63. The second-order valence-electron chi connectivity index (χ2n) is 7.23. The maximum Gasteiger partial charge on any atom is 0.333 e. The summed E-state index contributed by atoms with van der Waals surface area (Å²) in [4.78, 5) is 22.4. The van der Waals surface area contributed by atoms with Gasteiger partial charge in [0.05, 0.1) is 13.2 Å². The second-order valence-corrected chi connectivity index (χ2v) is 7.23. The monoisotopic (exact) mass is 379 g/mol. The van der Waals surface area contributed by atoms with E-state index in [4.69, 9.17) is 9.47 Å². The van der Waals surface area contributed by atoms with E-state index in [1.54, 1.807) is 13.8 Å². The van der Waals surface area contributed by atoms with E-state index in [-0.39, 0.29) is 11.9 Å². The summed E-state index contributed by atoms with van der Waals surface area (Å²) in [5, 5.41) is 0. The van der Waals surface area contributed by atoms with Crippen molar-refractivity contribution in [3.05, 3.63) is 30.7 Å². The van der Waals surface area contributed by atoms with E-state index in [9.17, 15) is 9.59 Å². The smallest absolute Gasteiger partial charge is 0.333 e. The number of esters is 2. The molecule has 0 fully saturated rings. The standard InChI is InChI=1S/C23H39O4/c1-20(2)22(24)26-18-16-14-12-10-8-6-5-7-9-11-13-15-17-19-27-23(25)21(3)4/h6H,1,3,5,7-19H2,2,4H3. The number of carbonyl (C=O) groups is 2. The van der Waals surface area contributed by atoms with Crippen molar-refractivity contribution in [2.75, 3.05) is 13.2 Å². The van der Waals surface area contributed by atoms with Crippen LogP contribution in [0.1, 0.15) is 90.9 Å². The molecular weight excluding hydrogens is 340 g/mol. The molecule has 0 aromatic carbocycles. The van der Waals surface area contributed by atoms with E-state index in [1.165, 1.54) is 51.4 Å². The zero-order valence-corrected chi connectivity index (χ0v) is 17.5. The van der Waals surface area contributed by atoms with Gasteiger partial charge in [-0.1, -0.05) is 77.4 Å². The van der Waals surface area contributed by atoms with Gasteiger partial charge in [0.15, 0.2) is 0 Å². The lowest BCUT2D eigenvalue weighted by molar-refractivity contribution is -0.139. The van der Waals surface area contributed by atoms with Crippen LogP contribution in [-0.2, 0) is 19.1 Å². The quantitative estimate of drug-likeness (QED) is 0.164. The van der Waals surface area contributed by atoms with E-state index < -0.39 is 0 Å². The molecule has 0 bridgehead atoms. The van der Waals surface area contributed by atoms with Gasteiger partial charge >= 0.3 is 11.9 Å². The fourth-order valence-electron chi connectivity index (χ4n) is 2.56. The Hall–Kier alpha value is -1.58. The van der Waals surface area contributed by atoms with Crippen molar-refractivity contribution in [2.24, 2.45) is 0 Å². The number of carbonyl (C=O) groups excluding carboxylic acids is 2. The first-order valence-corrected chi connectivity index (χ1v) is 10.4. The summed E-state index contributed by atoms with van der Waals surface area (Å²) < 4.78 is 10.1. The third-order valence-corrected chi connectivity index (χ3v) is 4.27. The Kier molecular flexibility index (Phi) is 16.8. The molecule has 4 heteroatoms. The fourth-order valence-corrected chi connectivity index (χ4v) is 2.56. The molecule has 0 amide bonds. The zero-order chi connectivity index (χ0) is 20.3. The van der Waals surface area contributed by atoms with Crippen molar-refractivity contribution >= 4 is 11.9 Å². The van der Waals surface area contributed by atoms with Crippen LogP contribution in [0.3, 0.4) is 0 Å². The summed E-state index contributed by atoms with van der Waals surface area (Å²) in [6.45, 7) is 11.5. The fraction of sp³-hybridized carbons (Fsp3) is 0.696. The molecule has 0 aliphatic rings. The minimum absolute atomic E-state index is 0.281. The molecule has 0 aliphatic heterocycles. The van der Waals surface area contributed by atoms with Crippen molar-refractivity contribution in [1.82, 2.24) is 0 Å². The van der Waals surface area contributed by atoms with E-state index >= 15 is 0 Å². The highest BCUT2D eigenvalue weighted by atomic mass is 16.5.